The fourth-order valence-corrected chi connectivity index (χ4v) is 2.85. The number of nitrogens with zero attached hydrogens (tertiary/aromatic N) is 2. The van der Waals surface area contributed by atoms with Crippen LogP contribution in [-0.4, -0.2) is 71.1 Å². The van der Waals surface area contributed by atoms with Gasteiger partial charge in [0.05, 0.1) is 6.54 Å². The lowest BCUT2D eigenvalue weighted by Crippen LogP contribution is -2.41. The van der Waals surface area contributed by atoms with Crippen LogP contribution in [0.2, 0.25) is 0 Å². The zero-order valence-electron chi connectivity index (χ0n) is 16.2. The summed E-state index contributed by atoms with van der Waals surface area (Å²) in [6, 6.07) is 9.87. The van der Waals surface area contributed by atoms with Crippen molar-refractivity contribution in [1.82, 2.24) is 10.2 Å². The molecule has 1 aliphatic rings. The number of hydrogen-bond donors (Lipinski definition) is 1. The predicted octanol–water partition coefficient (Wildman–Crippen LogP) is 2.41. The Morgan fingerprint density at radius 2 is 2.00 bits per heavy atom. The van der Waals surface area contributed by atoms with E-state index in [0.717, 1.165) is 70.5 Å². The SMILES string of the molecule is CN=C(NCCCOCC1CCOCC1)N(C)CCOc1ccccc1. The molecule has 0 saturated carbocycles. The van der Waals surface area contributed by atoms with E-state index in [2.05, 4.69) is 15.2 Å². The van der Waals surface area contributed by atoms with Crippen LogP contribution in [-0.2, 0) is 9.47 Å². The van der Waals surface area contributed by atoms with Crippen LogP contribution in [0.5, 0.6) is 5.75 Å². The molecular weight excluding hydrogens is 330 g/mol. The zero-order valence-corrected chi connectivity index (χ0v) is 16.2. The molecule has 1 N–H and O–H groups in total. The molecule has 1 aromatic carbocycles. The van der Waals surface area contributed by atoms with Crippen LogP contribution in [0.1, 0.15) is 19.3 Å². The molecule has 0 aromatic heterocycles. The fraction of sp³-hybridized carbons (Fsp3) is 0.650. The van der Waals surface area contributed by atoms with Crippen LogP contribution in [0.4, 0.5) is 0 Å². The van der Waals surface area contributed by atoms with E-state index in [-0.39, 0.29) is 0 Å². The molecule has 0 spiro atoms. The molecule has 1 aromatic rings. The Morgan fingerprint density at radius 3 is 2.73 bits per heavy atom. The monoisotopic (exact) mass is 363 g/mol. The predicted molar refractivity (Wildman–Crippen MR) is 105 cm³/mol. The second-order valence-electron chi connectivity index (χ2n) is 6.54. The average Bonchev–Trinajstić information content (AvgIpc) is 2.69. The molecule has 2 rings (SSSR count). The first-order valence-corrected chi connectivity index (χ1v) is 9.54. The normalized spacial score (nSPS) is 15.7. The third-order valence-electron chi connectivity index (χ3n) is 4.45. The molecule has 26 heavy (non-hydrogen) atoms. The number of para-hydroxylation sites is 1. The van der Waals surface area contributed by atoms with E-state index in [9.17, 15) is 0 Å². The minimum atomic E-state index is 0.620. The number of likely N-dealkylation sites (N-methyl/N-ethyl adjacent to an activating group) is 1. The van der Waals surface area contributed by atoms with Gasteiger partial charge in [0, 0.05) is 47.1 Å². The number of rotatable bonds is 10. The zero-order chi connectivity index (χ0) is 18.5. The van der Waals surface area contributed by atoms with Gasteiger partial charge in [-0.2, -0.15) is 0 Å². The van der Waals surface area contributed by atoms with Crippen molar-refractivity contribution in [3.63, 3.8) is 0 Å². The van der Waals surface area contributed by atoms with Gasteiger partial charge in [-0.1, -0.05) is 18.2 Å². The minimum absolute atomic E-state index is 0.620. The van der Waals surface area contributed by atoms with E-state index >= 15 is 0 Å². The van der Waals surface area contributed by atoms with E-state index < -0.39 is 0 Å². The van der Waals surface area contributed by atoms with E-state index in [4.69, 9.17) is 14.2 Å². The minimum Gasteiger partial charge on any atom is -0.492 e. The molecule has 146 valence electrons. The van der Waals surface area contributed by atoms with Crippen molar-refractivity contribution in [2.75, 3.05) is 60.2 Å². The maximum Gasteiger partial charge on any atom is 0.193 e. The second-order valence-corrected chi connectivity index (χ2v) is 6.54. The van der Waals surface area contributed by atoms with Gasteiger partial charge in [-0.05, 0) is 37.3 Å². The number of nitrogens with one attached hydrogen (secondary N) is 1. The quantitative estimate of drug-likeness (QED) is 0.393. The molecule has 1 aliphatic heterocycles. The lowest BCUT2D eigenvalue weighted by atomic mass is 10.0. The van der Waals surface area contributed by atoms with Crippen molar-refractivity contribution in [3.05, 3.63) is 30.3 Å². The van der Waals surface area contributed by atoms with Crippen molar-refractivity contribution in [3.8, 4) is 5.75 Å². The van der Waals surface area contributed by atoms with Gasteiger partial charge >= 0.3 is 0 Å². The van der Waals surface area contributed by atoms with Crippen molar-refractivity contribution in [2.24, 2.45) is 10.9 Å². The summed E-state index contributed by atoms with van der Waals surface area (Å²) >= 11 is 0. The van der Waals surface area contributed by atoms with Crippen LogP contribution in [0.15, 0.2) is 35.3 Å². The standard InChI is InChI=1S/C20H33N3O3/c1-21-20(23(2)12-16-26-19-7-4-3-5-8-19)22-11-6-13-25-17-18-9-14-24-15-10-18/h3-5,7-8,18H,6,9-17H2,1-2H3,(H,21,22). The van der Waals surface area contributed by atoms with Gasteiger partial charge in [0.1, 0.15) is 12.4 Å². The fourth-order valence-electron chi connectivity index (χ4n) is 2.85. The van der Waals surface area contributed by atoms with Gasteiger partial charge < -0.3 is 24.4 Å². The smallest absolute Gasteiger partial charge is 0.193 e. The summed E-state index contributed by atoms with van der Waals surface area (Å²) in [5, 5.41) is 3.38. The Hall–Kier alpha value is -1.79. The molecule has 6 heteroatoms. The molecule has 6 nitrogen and oxygen atoms in total. The van der Waals surface area contributed by atoms with Crippen molar-refractivity contribution in [1.29, 1.82) is 0 Å². The average molecular weight is 364 g/mol. The number of aliphatic imine (C=N–C) groups is 1. The molecule has 0 amide bonds. The lowest BCUT2D eigenvalue weighted by Gasteiger charge is -2.23. The van der Waals surface area contributed by atoms with Crippen LogP contribution < -0.4 is 10.1 Å². The number of hydrogen-bond acceptors (Lipinski definition) is 4. The highest BCUT2D eigenvalue weighted by atomic mass is 16.5. The molecule has 1 fully saturated rings. The van der Waals surface area contributed by atoms with E-state index in [1.807, 2.05) is 37.4 Å². The van der Waals surface area contributed by atoms with Gasteiger partial charge in [-0.15, -0.1) is 0 Å². The van der Waals surface area contributed by atoms with Gasteiger partial charge in [0.2, 0.25) is 0 Å². The Labute approximate surface area is 157 Å². The summed E-state index contributed by atoms with van der Waals surface area (Å²) in [4.78, 5) is 6.40. The molecule has 1 heterocycles. The van der Waals surface area contributed by atoms with Gasteiger partial charge in [-0.3, -0.25) is 4.99 Å². The first-order chi connectivity index (χ1) is 12.8. The summed E-state index contributed by atoms with van der Waals surface area (Å²) < 4.78 is 16.9. The summed E-state index contributed by atoms with van der Waals surface area (Å²) in [6.45, 7) is 5.64. The highest BCUT2D eigenvalue weighted by Gasteiger charge is 2.13. The summed E-state index contributed by atoms with van der Waals surface area (Å²) in [5.41, 5.74) is 0. The maximum absolute atomic E-state index is 5.79. The Kier molecular flexibility index (Phi) is 9.90. The van der Waals surface area contributed by atoms with E-state index in [1.54, 1.807) is 7.05 Å². The first-order valence-electron chi connectivity index (χ1n) is 9.54. The van der Waals surface area contributed by atoms with Crippen LogP contribution in [0.3, 0.4) is 0 Å². The van der Waals surface area contributed by atoms with Gasteiger partial charge in [-0.25, -0.2) is 0 Å². The third-order valence-corrected chi connectivity index (χ3v) is 4.45. The first kappa shape index (κ1) is 20.5. The number of guanidine groups is 1. The number of ether oxygens (including phenoxy) is 3. The summed E-state index contributed by atoms with van der Waals surface area (Å²) in [6.07, 6.45) is 3.22. The van der Waals surface area contributed by atoms with Crippen molar-refractivity contribution >= 4 is 5.96 Å². The molecule has 0 bridgehead atoms. The van der Waals surface area contributed by atoms with Crippen molar-refractivity contribution in [2.45, 2.75) is 19.3 Å². The molecule has 1 saturated heterocycles. The largest absolute Gasteiger partial charge is 0.492 e. The van der Waals surface area contributed by atoms with Crippen molar-refractivity contribution < 1.29 is 14.2 Å². The Balaban J connectivity index is 1.52. The van der Waals surface area contributed by atoms with Crippen LogP contribution in [0, 0.1) is 5.92 Å². The topological polar surface area (TPSA) is 55.3 Å². The van der Waals surface area contributed by atoms with Gasteiger partial charge in [0.15, 0.2) is 5.96 Å². The highest BCUT2D eigenvalue weighted by Crippen LogP contribution is 2.14. The van der Waals surface area contributed by atoms with Crippen LogP contribution >= 0.6 is 0 Å². The number of benzene rings is 1. The highest BCUT2D eigenvalue weighted by molar-refractivity contribution is 5.79. The molecule has 0 atom stereocenters. The molecule has 0 radical (unpaired) electrons. The Bertz CT molecular complexity index is 504. The second kappa shape index (κ2) is 12.5. The van der Waals surface area contributed by atoms with Gasteiger partial charge in [0.25, 0.3) is 0 Å². The molecule has 0 unspecified atom stereocenters. The molecule has 0 aliphatic carbocycles. The van der Waals surface area contributed by atoms with E-state index in [0.29, 0.717) is 12.5 Å². The summed E-state index contributed by atoms with van der Waals surface area (Å²) in [5.74, 6) is 2.44. The van der Waals surface area contributed by atoms with Crippen LogP contribution in [0.25, 0.3) is 0 Å². The molecular formula is C20H33N3O3. The summed E-state index contributed by atoms with van der Waals surface area (Å²) in [7, 11) is 3.82. The Morgan fingerprint density at radius 1 is 1.23 bits per heavy atom. The van der Waals surface area contributed by atoms with E-state index in [1.165, 1.54) is 0 Å². The maximum atomic E-state index is 5.79. The lowest BCUT2D eigenvalue weighted by molar-refractivity contribution is 0.0203. The third kappa shape index (κ3) is 8.06.